The molecule has 114 valence electrons. The summed E-state index contributed by atoms with van der Waals surface area (Å²) in [5.74, 6) is -1.16. The zero-order chi connectivity index (χ0) is 16.3. The quantitative estimate of drug-likeness (QED) is 0.434. The second-order valence-electron chi connectivity index (χ2n) is 4.16. The van der Waals surface area contributed by atoms with Crippen molar-refractivity contribution in [2.45, 2.75) is 5.16 Å². The maximum Gasteiger partial charge on any atom is 0.255 e. The molecule has 9 heteroatoms. The number of thioether (sulfide) groups is 1. The number of halogens is 1. The predicted octanol–water partition coefficient (Wildman–Crippen LogP) is 1.79. The Morgan fingerprint density at radius 2 is 1.95 bits per heavy atom. The number of nitrogens with two attached hydrogens (primary N) is 2. The standard InChI is InChI=1S/C13H12ClN5O2S/c1-22-13-18-9(14)8(11(16)21)12(19-13)17-7-4-2-3-6(5-7)10(15)20/h2-5H,1H3,(H2,15,20)(H2,16,21)(H,17,18,19). The highest BCUT2D eigenvalue weighted by atomic mass is 35.5. The van der Waals surface area contributed by atoms with Gasteiger partial charge >= 0.3 is 0 Å². The molecular weight excluding hydrogens is 326 g/mol. The summed E-state index contributed by atoms with van der Waals surface area (Å²) in [7, 11) is 0. The van der Waals surface area contributed by atoms with Crippen molar-refractivity contribution >= 4 is 46.7 Å². The van der Waals surface area contributed by atoms with Crippen molar-refractivity contribution in [3.63, 3.8) is 0 Å². The number of rotatable bonds is 5. The third kappa shape index (κ3) is 3.46. The number of benzene rings is 1. The molecular formula is C13H12ClN5O2S. The third-order valence-corrected chi connectivity index (χ3v) is 3.50. The number of carbonyl (C=O) groups excluding carboxylic acids is 2. The van der Waals surface area contributed by atoms with E-state index in [1.165, 1.54) is 17.8 Å². The number of anilines is 2. The molecule has 0 aliphatic rings. The van der Waals surface area contributed by atoms with Gasteiger partial charge in [-0.25, -0.2) is 9.97 Å². The lowest BCUT2D eigenvalue weighted by Gasteiger charge is -2.11. The van der Waals surface area contributed by atoms with E-state index < -0.39 is 11.8 Å². The average molecular weight is 338 g/mol. The molecule has 5 N–H and O–H groups in total. The number of primary amides is 2. The van der Waals surface area contributed by atoms with E-state index in [1.54, 1.807) is 24.5 Å². The van der Waals surface area contributed by atoms with Gasteiger partial charge in [-0.05, 0) is 24.5 Å². The van der Waals surface area contributed by atoms with E-state index in [2.05, 4.69) is 15.3 Å². The van der Waals surface area contributed by atoms with Gasteiger partial charge in [0.1, 0.15) is 16.5 Å². The Morgan fingerprint density at radius 1 is 1.23 bits per heavy atom. The third-order valence-electron chi connectivity index (χ3n) is 2.68. The van der Waals surface area contributed by atoms with Crippen molar-refractivity contribution in [2.75, 3.05) is 11.6 Å². The van der Waals surface area contributed by atoms with Crippen molar-refractivity contribution in [1.82, 2.24) is 9.97 Å². The molecule has 1 aromatic heterocycles. The van der Waals surface area contributed by atoms with E-state index in [0.29, 0.717) is 16.4 Å². The first-order valence-corrected chi connectivity index (χ1v) is 7.61. The molecule has 0 saturated heterocycles. The molecule has 0 radical (unpaired) electrons. The number of nitrogens with one attached hydrogen (secondary N) is 1. The molecule has 0 aliphatic carbocycles. The van der Waals surface area contributed by atoms with Gasteiger partial charge in [-0.1, -0.05) is 29.4 Å². The Morgan fingerprint density at radius 3 is 2.55 bits per heavy atom. The SMILES string of the molecule is CSc1nc(Cl)c(C(N)=O)c(Nc2cccc(C(N)=O)c2)n1. The molecule has 2 aromatic rings. The van der Waals surface area contributed by atoms with Crippen LogP contribution >= 0.6 is 23.4 Å². The number of nitrogens with zero attached hydrogens (tertiary/aromatic N) is 2. The monoisotopic (exact) mass is 337 g/mol. The average Bonchev–Trinajstić information content (AvgIpc) is 2.46. The van der Waals surface area contributed by atoms with Crippen LogP contribution in [0.2, 0.25) is 5.15 Å². The number of hydrogen-bond donors (Lipinski definition) is 3. The zero-order valence-corrected chi connectivity index (χ0v) is 13.0. The maximum atomic E-state index is 11.5. The minimum Gasteiger partial charge on any atom is -0.366 e. The normalized spacial score (nSPS) is 10.3. The number of aromatic nitrogens is 2. The van der Waals surface area contributed by atoms with Gasteiger partial charge in [0.25, 0.3) is 5.91 Å². The van der Waals surface area contributed by atoms with Crippen LogP contribution in [0.25, 0.3) is 0 Å². The largest absolute Gasteiger partial charge is 0.366 e. The summed E-state index contributed by atoms with van der Waals surface area (Å²) in [6.45, 7) is 0. The fraction of sp³-hybridized carbons (Fsp3) is 0.0769. The first kappa shape index (κ1) is 16.1. The van der Waals surface area contributed by atoms with Crippen LogP contribution in [0, 0.1) is 0 Å². The van der Waals surface area contributed by atoms with Crippen molar-refractivity contribution < 1.29 is 9.59 Å². The molecule has 0 bridgehead atoms. The highest BCUT2D eigenvalue weighted by Crippen LogP contribution is 2.26. The predicted molar refractivity (Wildman–Crippen MR) is 85.6 cm³/mol. The van der Waals surface area contributed by atoms with Crippen molar-refractivity contribution in [3.8, 4) is 0 Å². The van der Waals surface area contributed by atoms with Gasteiger partial charge in [0.2, 0.25) is 5.91 Å². The Bertz CT molecular complexity index is 753. The Hall–Kier alpha value is -2.32. The first-order chi connectivity index (χ1) is 10.4. The minimum atomic E-state index is -0.758. The van der Waals surface area contributed by atoms with Gasteiger partial charge in [-0.2, -0.15) is 0 Å². The van der Waals surface area contributed by atoms with Crippen LogP contribution in [0.5, 0.6) is 0 Å². The van der Waals surface area contributed by atoms with Crippen LogP contribution in [-0.4, -0.2) is 28.0 Å². The fourth-order valence-corrected chi connectivity index (χ4v) is 2.38. The van der Waals surface area contributed by atoms with Crippen LogP contribution in [-0.2, 0) is 0 Å². The molecule has 0 saturated carbocycles. The molecule has 0 fully saturated rings. The number of amides is 2. The first-order valence-electron chi connectivity index (χ1n) is 6.00. The van der Waals surface area contributed by atoms with Gasteiger partial charge < -0.3 is 16.8 Å². The summed E-state index contributed by atoms with van der Waals surface area (Å²) < 4.78 is 0. The van der Waals surface area contributed by atoms with Gasteiger partial charge in [0.05, 0.1) is 0 Å². The second kappa shape index (κ2) is 6.63. The van der Waals surface area contributed by atoms with Crippen molar-refractivity contribution in [2.24, 2.45) is 11.5 Å². The van der Waals surface area contributed by atoms with E-state index >= 15 is 0 Å². The van der Waals surface area contributed by atoms with Gasteiger partial charge in [-0.3, -0.25) is 9.59 Å². The number of carbonyl (C=O) groups is 2. The highest BCUT2D eigenvalue weighted by molar-refractivity contribution is 7.98. The zero-order valence-electron chi connectivity index (χ0n) is 11.5. The van der Waals surface area contributed by atoms with E-state index in [-0.39, 0.29) is 16.5 Å². The number of hydrogen-bond acceptors (Lipinski definition) is 6. The molecule has 2 amide bonds. The van der Waals surface area contributed by atoms with Crippen molar-refractivity contribution in [1.29, 1.82) is 0 Å². The highest BCUT2D eigenvalue weighted by Gasteiger charge is 2.18. The summed E-state index contributed by atoms with van der Waals surface area (Å²) in [5.41, 5.74) is 11.4. The van der Waals surface area contributed by atoms with Crippen LogP contribution < -0.4 is 16.8 Å². The molecule has 0 atom stereocenters. The lowest BCUT2D eigenvalue weighted by Crippen LogP contribution is -2.16. The summed E-state index contributed by atoms with van der Waals surface area (Å²) in [6, 6.07) is 6.43. The summed E-state index contributed by atoms with van der Waals surface area (Å²) in [6.07, 6.45) is 1.77. The minimum absolute atomic E-state index is 0.0241. The molecule has 2 rings (SSSR count). The van der Waals surface area contributed by atoms with E-state index in [0.717, 1.165) is 0 Å². The molecule has 1 aromatic carbocycles. The molecule has 0 aliphatic heterocycles. The second-order valence-corrected chi connectivity index (χ2v) is 5.29. The van der Waals surface area contributed by atoms with E-state index in [1.807, 2.05) is 0 Å². The van der Waals surface area contributed by atoms with Crippen molar-refractivity contribution in [3.05, 3.63) is 40.5 Å². The lowest BCUT2D eigenvalue weighted by atomic mass is 10.2. The molecule has 1 heterocycles. The van der Waals surface area contributed by atoms with Crippen LogP contribution in [0.15, 0.2) is 29.4 Å². The lowest BCUT2D eigenvalue weighted by molar-refractivity contribution is 0.0991. The Kier molecular flexibility index (Phi) is 4.84. The maximum absolute atomic E-state index is 11.5. The van der Waals surface area contributed by atoms with Crippen LogP contribution in [0.4, 0.5) is 11.5 Å². The Labute approximate surface area is 135 Å². The Balaban J connectivity index is 2.48. The van der Waals surface area contributed by atoms with Gasteiger partial charge in [0, 0.05) is 11.3 Å². The fourth-order valence-electron chi connectivity index (χ4n) is 1.70. The topological polar surface area (TPSA) is 124 Å². The molecule has 0 unspecified atom stereocenters. The molecule has 22 heavy (non-hydrogen) atoms. The summed E-state index contributed by atoms with van der Waals surface area (Å²) >= 11 is 7.24. The molecule has 0 spiro atoms. The molecule has 7 nitrogen and oxygen atoms in total. The van der Waals surface area contributed by atoms with E-state index in [4.69, 9.17) is 23.1 Å². The summed E-state index contributed by atoms with van der Waals surface area (Å²) in [4.78, 5) is 30.9. The van der Waals surface area contributed by atoms with Gasteiger partial charge in [0.15, 0.2) is 5.16 Å². The summed E-state index contributed by atoms with van der Waals surface area (Å²) in [5, 5.41) is 3.24. The van der Waals surface area contributed by atoms with Crippen LogP contribution in [0.1, 0.15) is 20.7 Å². The van der Waals surface area contributed by atoms with Gasteiger partial charge in [-0.15, -0.1) is 0 Å². The van der Waals surface area contributed by atoms with E-state index in [9.17, 15) is 9.59 Å². The van der Waals surface area contributed by atoms with Crippen LogP contribution in [0.3, 0.4) is 0 Å². The smallest absolute Gasteiger partial charge is 0.255 e.